The van der Waals surface area contributed by atoms with Gasteiger partial charge in [-0.3, -0.25) is 0 Å². The van der Waals surface area contributed by atoms with E-state index in [1.54, 1.807) is 0 Å². The first-order valence-corrected chi connectivity index (χ1v) is 5.37. The molecule has 76 valence electrons. The molecule has 1 fully saturated rings. The number of hydrogen-bond acceptors (Lipinski definition) is 2. The average Bonchev–Trinajstić information content (AvgIpc) is 2.65. The smallest absolute Gasteiger partial charge is 0.0644 e. The van der Waals surface area contributed by atoms with E-state index in [2.05, 4.69) is 4.90 Å². The number of anilines is 2. The first kappa shape index (κ1) is 9.66. The van der Waals surface area contributed by atoms with Gasteiger partial charge in [0.2, 0.25) is 0 Å². The molecule has 1 saturated heterocycles. The number of benzene rings is 1. The lowest BCUT2D eigenvalue weighted by atomic mass is 10.1. The van der Waals surface area contributed by atoms with Gasteiger partial charge < -0.3 is 10.6 Å². The van der Waals surface area contributed by atoms with Crippen LogP contribution in [0.25, 0.3) is 0 Å². The van der Waals surface area contributed by atoms with E-state index >= 15 is 0 Å². The van der Waals surface area contributed by atoms with Gasteiger partial charge in [-0.15, -0.1) is 0 Å². The highest BCUT2D eigenvalue weighted by molar-refractivity contribution is 6.32. The van der Waals surface area contributed by atoms with Crippen LogP contribution in [0.15, 0.2) is 12.1 Å². The number of hydrogen-bond donors (Lipinski definition) is 1. The average molecular weight is 211 g/mol. The van der Waals surface area contributed by atoms with Gasteiger partial charge in [-0.2, -0.15) is 0 Å². The van der Waals surface area contributed by atoms with E-state index in [0.29, 0.717) is 0 Å². The first-order valence-electron chi connectivity index (χ1n) is 4.99. The molecule has 2 rings (SSSR count). The minimum atomic E-state index is 0.807. The summed E-state index contributed by atoms with van der Waals surface area (Å²) in [5.74, 6) is 0. The van der Waals surface area contributed by atoms with E-state index in [1.165, 1.54) is 12.8 Å². The topological polar surface area (TPSA) is 29.3 Å². The van der Waals surface area contributed by atoms with E-state index in [-0.39, 0.29) is 0 Å². The molecule has 3 heteroatoms. The predicted octanol–water partition coefficient (Wildman–Crippen LogP) is 2.83. The summed E-state index contributed by atoms with van der Waals surface area (Å²) in [4.78, 5) is 2.33. The van der Waals surface area contributed by atoms with Gasteiger partial charge in [0.15, 0.2) is 0 Å². The molecule has 1 heterocycles. The van der Waals surface area contributed by atoms with E-state index in [4.69, 9.17) is 17.3 Å². The van der Waals surface area contributed by atoms with Crippen molar-refractivity contribution >= 4 is 23.0 Å². The predicted molar refractivity (Wildman–Crippen MR) is 62.0 cm³/mol. The number of nitrogens with zero attached hydrogens (tertiary/aromatic N) is 1. The van der Waals surface area contributed by atoms with Gasteiger partial charge in [0, 0.05) is 18.1 Å². The molecule has 0 bridgehead atoms. The summed E-state index contributed by atoms with van der Waals surface area (Å²) in [6.45, 7) is 4.24. The van der Waals surface area contributed by atoms with Crippen LogP contribution in [0.1, 0.15) is 18.4 Å². The van der Waals surface area contributed by atoms with Gasteiger partial charge in [-0.1, -0.05) is 11.6 Å². The molecule has 2 nitrogen and oxygen atoms in total. The van der Waals surface area contributed by atoms with Crippen LogP contribution in [-0.2, 0) is 0 Å². The van der Waals surface area contributed by atoms with E-state index < -0.39 is 0 Å². The fraction of sp³-hybridized carbons (Fsp3) is 0.455. The largest absolute Gasteiger partial charge is 0.397 e. The Labute approximate surface area is 89.7 Å². The van der Waals surface area contributed by atoms with E-state index in [0.717, 1.165) is 35.1 Å². The maximum absolute atomic E-state index is 6.08. The molecular weight excluding hydrogens is 196 g/mol. The molecule has 1 aliphatic heterocycles. The number of rotatable bonds is 1. The summed E-state index contributed by atoms with van der Waals surface area (Å²) < 4.78 is 0. The van der Waals surface area contributed by atoms with Crippen LogP contribution >= 0.6 is 11.6 Å². The molecule has 1 aromatic rings. The van der Waals surface area contributed by atoms with E-state index in [1.807, 2.05) is 19.1 Å². The van der Waals surface area contributed by atoms with Gasteiger partial charge in [0.05, 0.1) is 11.4 Å². The van der Waals surface area contributed by atoms with Crippen molar-refractivity contribution < 1.29 is 0 Å². The Morgan fingerprint density at radius 1 is 1.29 bits per heavy atom. The highest BCUT2D eigenvalue weighted by Crippen LogP contribution is 2.34. The molecule has 0 saturated carbocycles. The number of nitrogen functional groups attached to an aromatic ring is 1. The summed E-state index contributed by atoms with van der Waals surface area (Å²) in [5.41, 5.74) is 9.05. The minimum Gasteiger partial charge on any atom is -0.397 e. The van der Waals surface area contributed by atoms with Crippen molar-refractivity contribution in [1.82, 2.24) is 0 Å². The molecular formula is C11H15ClN2. The summed E-state index contributed by atoms with van der Waals surface area (Å²) in [6, 6.07) is 3.76. The van der Waals surface area contributed by atoms with Crippen molar-refractivity contribution in [2.24, 2.45) is 0 Å². The van der Waals surface area contributed by atoms with Crippen LogP contribution in [0.2, 0.25) is 5.02 Å². The monoisotopic (exact) mass is 210 g/mol. The van der Waals surface area contributed by atoms with Crippen molar-refractivity contribution in [1.29, 1.82) is 0 Å². The second kappa shape index (κ2) is 3.70. The Morgan fingerprint density at radius 3 is 2.57 bits per heavy atom. The third-order valence-corrected chi connectivity index (χ3v) is 3.23. The Balaban J connectivity index is 2.44. The highest BCUT2D eigenvalue weighted by Gasteiger charge is 2.17. The van der Waals surface area contributed by atoms with Crippen molar-refractivity contribution in [2.45, 2.75) is 19.8 Å². The van der Waals surface area contributed by atoms with Gasteiger partial charge >= 0.3 is 0 Å². The lowest BCUT2D eigenvalue weighted by molar-refractivity contribution is 0.949. The molecule has 1 aliphatic rings. The van der Waals surface area contributed by atoms with Crippen molar-refractivity contribution in [3.63, 3.8) is 0 Å². The molecule has 0 radical (unpaired) electrons. The Hall–Kier alpha value is -0.890. The summed E-state index contributed by atoms with van der Waals surface area (Å²) in [6.07, 6.45) is 2.51. The Kier molecular flexibility index (Phi) is 2.55. The van der Waals surface area contributed by atoms with E-state index in [9.17, 15) is 0 Å². The van der Waals surface area contributed by atoms with Crippen LogP contribution in [0.4, 0.5) is 11.4 Å². The van der Waals surface area contributed by atoms with Gasteiger partial charge in [0.1, 0.15) is 0 Å². The molecule has 0 aromatic heterocycles. The lowest BCUT2D eigenvalue weighted by Crippen LogP contribution is -2.20. The molecule has 0 spiro atoms. The fourth-order valence-electron chi connectivity index (χ4n) is 2.06. The lowest BCUT2D eigenvalue weighted by Gasteiger charge is -2.22. The second-order valence-electron chi connectivity index (χ2n) is 3.80. The Morgan fingerprint density at radius 2 is 1.93 bits per heavy atom. The third kappa shape index (κ3) is 1.55. The molecule has 0 unspecified atom stereocenters. The van der Waals surface area contributed by atoms with Crippen LogP contribution in [0.3, 0.4) is 0 Å². The number of nitrogens with two attached hydrogens (primary N) is 1. The minimum absolute atomic E-state index is 0.807. The maximum atomic E-state index is 6.08. The summed E-state index contributed by atoms with van der Waals surface area (Å²) in [7, 11) is 0. The quantitative estimate of drug-likeness (QED) is 0.723. The standard InChI is InChI=1S/C11H15ClN2/c1-8-9(12)4-5-10(13)11(8)14-6-2-3-7-14/h4-5H,2-3,6-7,13H2,1H3. The van der Waals surface area contributed by atoms with Gasteiger partial charge in [-0.25, -0.2) is 0 Å². The maximum Gasteiger partial charge on any atom is 0.0644 e. The molecule has 1 aromatic carbocycles. The van der Waals surface area contributed by atoms with Gasteiger partial charge in [-0.05, 0) is 37.5 Å². The summed E-state index contributed by atoms with van der Waals surface area (Å²) in [5, 5.41) is 0.807. The highest BCUT2D eigenvalue weighted by atomic mass is 35.5. The van der Waals surface area contributed by atoms with Crippen LogP contribution < -0.4 is 10.6 Å². The molecule has 0 atom stereocenters. The third-order valence-electron chi connectivity index (χ3n) is 2.82. The molecule has 0 aliphatic carbocycles. The fourth-order valence-corrected chi connectivity index (χ4v) is 2.21. The molecule has 2 N–H and O–H groups in total. The molecule has 14 heavy (non-hydrogen) atoms. The van der Waals surface area contributed by atoms with Crippen LogP contribution in [0, 0.1) is 6.92 Å². The van der Waals surface area contributed by atoms with Crippen LogP contribution in [0.5, 0.6) is 0 Å². The zero-order valence-corrected chi connectivity index (χ0v) is 9.14. The van der Waals surface area contributed by atoms with Crippen molar-refractivity contribution in [3.8, 4) is 0 Å². The Bertz CT molecular complexity index is 343. The normalized spacial score (nSPS) is 16.3. The van der Waals surface area contributed by atoms with Crippen molar-refractivity contribution in [3.05, 3.63) is 22.7 Å². The first-order chi connectivity index (χ1) is 6.70. The van der Waals surface area contributed by atoms with Gasteiger partial charge in [0.25, 0.3) is 0 Å². The number of halogens is 1. The second-order valence-corrected chi connectivity index (χ2v) is 4.21. The van der Waals surface area contributed by atoms with Crippen LogP contribution in [-0.4, -0.2) is 13.1 Å². The summed E-state index contributed by atoms with van der Waals surface area (Å²) >= 11 is 6.08. The molecule has 0 amide bonds. The SMILES string of the molecule is Cc1c(Cl)ccc(N)c1N1CCCC1. The van der Waals surface area contributed by atoms with Crippen molar-refractivity contribution in [2.75, 3.05) is 23.7 Å². The zero-order valence-electron chi connectivity index (χ0n) is 8.39. The zero-order chi connectivity index (χ0) is 10.1.